The maximum atomic E-state index is 11.9. The fourth-order valence-electron chi connectivity index (χ4n) is 2.93. The predicted octanol–water partition coefficient (Wildman–Crippen LogP) is 2.07. The Morgan fingerprint density at radius 2 is 1.91 bits per heavy atom. The van der Waals surface area contributed by atoms with Gasteiger partial charge in [0, 0.05) is 11.9 Å². The summed E-state index contributed by atoms with van der Waals surface area (Å²) in [6.07, 6.45) is 2.64. The lowest BCUT2D eigenvalue weighted by Crippen LogP contribution is -2.15. The number of phosphoric ester groups is 1. The molecule has 2 unspecified atom stereocenters. The van der Waals surface area contributed by atoms with Crippen LogP contribution in [-0.2, 0) is 31.6 Å². The second-order valence-electron chi connectivity index (χ2n) is 6.84. The number of hydrogen-bond donors (Lipinski definition) is 5. The standard InChI is InChI=1S/C13H21N4O11P3S/c1-7(2)8-3-17(13-11(8)12(14)15-6-16-13)9-5-32-10(26-9)4-25-30(21,22)28-31(23,24)27-29(18,19)20/h3,6-7,9-10H,4-5H2,1-2H3,(H,21,22)(H,23,24)(H2,14,15,16)(H2,18,19,20)/t9-,10+/m1/s1. The molecule has 180 valence electrons. The molecule has 0 amide bonds. The molecule has 2 aromatic rings. The first-order valence-corrected chi connectivity index (χ1v) is 14.4. The molecule has 6 N–H and O–H groups in total. The van der Waals surface area contributed by atoms with Crippen LogP contribution in [0.25, 0.3) is 11.0 Å². The second-order valence-corrected chi connectivity index (χ2v) is 12.5. The van der Waals surface area contributed by atoms with E-state index in [1.165, 1.54) is 18.1 Å². The highest BCUT2D eigenvalue weighted by molar-refractivity contribution is 8.00. The molecule has 2 aromatic heterocycles. The first kappa shape index (κ1) is 25.8. The average Bonchev–Trinajstić information content (AvgIpc) is 3.22. The molecule has 15 nitrogen and oxygen atoms in total. The molecule has 1 saturated heterocycles. The highest BCUT2D eigenvalue weighted by Crippen LogP contribution is 2.66. The quantitative estimate of drug-likeness (QED) is 0.290. The number of anilines is 1. The van der Waals surface area contributed by atoms with Crippen molar-refractivity contribution in [1.29, 1.82) is 0 Å². The van der Waals surface area contributed by atoms with Gasteiger partial charge in [0.2, 0.25) is 0 Å². The molecular weight excluding hydrogens is 513 g/mol. The van der Waals surface area contributed by atoms with Crippen LogP contribution >= 0.6 is 35.2 Å². The molecule has 1 aliphatic rings. The van der Waals surface area contributed by atoms with Crippen molar-refractivity contribution in [2.75, 3.05) is 18.1 Å². The van der Waals surface area contributed by atoms with Crippen LogP contribution in [0.3, 0.4) is 0 Å². The molecule has 3 heterocycles. The van der Waals surface area contributed by atoms with Crippen LogP contribution in [0.2, 0.25) is 0 Å². The molecule has 4 atom stereocenters. The van der Waals surface area contributed by atoms with Crippen molar-refractivity contribution in [2.24, 2.45) is 0 Å². The summed E-state index contributed by atoms with van der Waals surface area (Å²) < 4.78 is 53.4. The summed E-state index contributed by atoms with van der Waals surface area (Å²) in [6.45, 7) is 3.43. The predicted molar refractivity (Wildman–Crippen MR) is 112 cm³/mol. The SMILES string of the molecule is CC(C)c1cn([C@H]2CS[C@@H](COP(=O)(O)OP(=O)(O)OP(=O)(O)O)O2)c2ncnc(N)c12. The Morgan fingerprint density at radius 1 is 1.22 bits per heavy atom. The molecule has 32 heavy (non-hydrogen) atoms. The topological polar surface area (TPSA) is 226 Å². The van der Waals surface area contributed by atoms with E-state index in [0.29, 0.717) is 22.6 Å². The smallest absolute Gasteiger partial charge is 0.383 e. The number of thioether (sulfide) groups is 1. The summed E-state index contributed by atoms with van der Waals surface area (Å²) >= 11 is 1.23. The lowest BCUT2D eigenvalue weighted by Gasteiger charge is -2.18. The summed E-state index contributed by atoms with van der Waals surface area (Å²) in [6, 6.07) is 0. The zero-order valence-corrected chi connectivity index (χ0v) is 20.1. The molecule has 1 fully saturated rings. The van der Waals surface area contributed by atoms with Crippen LogP contribution in [0.1, 0.15) is 31.6 Å². The van der Waals surface area contributed by atoms with Crippen molar-refractivity contribution in [3.8, 4) is 0 Å². The third-order valence-corrected chi connectivity index (χ3v) is 9.02. The summed E-state index contributed by atoms with van der Waals surface area (Å²) in [4.78, 5) is 44.1. The van der Waals surface area contributed by atoms with Gasteiger partial charge in [-0.3, -0.25) is 4.52 Å². The number of aromatic nitrogens is 3. The Hall–Kier alpha value is -0.860. The minimum Gasteiger partial charge on any atom is -0.383 e. The van der Waals surface area contributed by atoms with E-state index in [9.17, 15) is 23.5 Å². The van der Waals surface area contributed by atoms with Crippen LogP contribution in [0, 0.1) is 0 Å². The number of nitrogens with two attached hydrogens (primary N) is 1. The number of nitrogen functional groups attached to an aromatic ring is 1. The molecule has 0 radical (unpaired) electrons. The van der Waals surface area contributed by atoms with Gasteiger partial charge in [-0.25, -0.2) is 23.7 Å². The van der Waals surface area contributed by atoms with Gasteiger partial charge < -0.3 is 34.6 Å². The van der Waals surface area contributed by atoms with E-state index in [2.05, 4.69) is 23.1 Å². The van der Waals surface area contributed by atoms with E-state index in [1.807, 2.05) is 20.0 Å². The number of ether oxygens (including phenoxy) is 1. The van der Waals surface area contributed by atoms with Gasteiger partial charge in [0.05, 0.1) is 12.0 Å². The molecule has 1 aliphatic heterocycles. The van der Waals surface area contributed by atoms with Crippen LogP contribution in [0.4, 0.5) is 5.82 Å². The van der Waals surface area contributed by atoms with Crippen molar-refractivity contribution >= 4 is 52.1 Å². The van der Waals surface area contributed by atoms with E-state index in [0.717, 1.165) is 5.56 Å². The van der Waals surface area contributed by atoms with Crippen molar-refractivity contribution in [2.45, 2.75) is 31.4 Å². The summed E-state index contributed by atoms with van der Waals surface area (Å²) in [7, 11) is -16.3. The Bertz CT molecular complexity index is 1140. The van der Waals surface area contributed by atoms with Gasteiger partial charge in [0.1, 0.15) is 29.5 Å². The van der Waals surface area contributed by atoms with Crippen molar-refractivity contribution in [3.05, 3.63) is 18.1 Å². The Morgan fingerprint density at radius 3 is 2.53 bits per heavy atom. The molecule has 0 aromatic carbocycles. The van der Waals surface area contributed by atoms with E-state index in [-0.39, 0.29) is 5.92 Å². The number of phosphoric acid groups is 3. The minimum atomic E-state index is -5.57. The molecule has 0 spiro atoms. The minimum absolute atomic E-state index is 0.127. The maximum absolute atomic E-state index is 11.9. The lowest BCUT2D eigenvalue weighted by atomic mass is 10.0. The number of nitrogens with zero attached hydrogens (tertiary/aromatic N) is 3. The normalized spacial score (nSPS) is 23.5. The van der Waals surface area contributed by atoms with E-state index in [1.54, 1.807) is 4.57 Å². The molecular formula is C13H21N4O11P3S. The first-order chi connectivity index (χ1) is 14.7. The largest absolute Gasteiger partial charge is 0.490 e. The van der Waals surface area contributed by atoms with E-state index < -0.39 is 41.7 Å². The average molecular weight is 534 g/mol. The lowest BCUT2D eigenvalue weighted by molar-refractivity contribution is -0.00200. The Balaban J connectivity index is 1.67. The van der Waals surface area contributed by atoms with Gasteiger partial charge in [-0.2, -0.15) is 8.62 Å². The Kier molecular flexibility index (Phi) is 7.58. The maximum Gasteiger partial charge on any atom is 0.490 e. The van der Waals surface area contributed by atoms with Crippen LogP contribution in [-0.4, -0.2) is 51.9 Å². The second kappa shape index (κ2) is 9.41. The third-order valence-electron chi connectivity index (χ3n) is 4.12. The van der Waals surface area contributed by atoms with Crippen molar-refractivity contribution < 1.29 is 51.2 Å². The highest BCUT2D eigenvalue weighted by atomic mass is 32.2. The summed E-state index contributed by atoms with van der Waals surface area (Å²) in [5, 5.41) is 0.702. The molecule has 3 rings (SSSR count). The molecule has 19 heteroatoms. The van der Waals surface area contributed by atoms with E-state index >= 15 is 0 Å². The van der Waals surface area contributed by atoms with Crippen LogP contribution in [0.5, 0.6) is 0 Å². The van der Waals surface area contributed by atoms with Crippen LogP contribution in [0.15, 0.2) is 12.5 Å². The molecule has 0 aliphatic carbocycles. The Labute approximate surface area is 185 Å². The molecule has 0 bridgehead atoms. The van der Waals surface area contributed by atoms with Gasteiger partial charge in [0.15, 0.2) is 0 Å². The monoisotopic (exact) mass is 534 g/mol. The number of rotatable bonds is 9. The molecule has 0 saturated carbocycles. The zero-order valence-electron chi connectivity index (χ0n) is 16.6. The van der Waals surface area contributed by atoms with Gasteiger partial charge in [0.25, 0.3) is 0 Å². The van der Waals surface area contributed by atoms with Crippen molar-refractivity contribution in [3.63, 3.8) is 0 Å². The fourth-order valence-corrected chi connectivity index (χ4v) is 7.04. The highest BCUT2D eigenvalue weighted by Gasteiger charge is 2.41. The van der Waals surface area contributed by atoms with Gasteiger partial charge in [-0.1, -0.05) is 13.8 Å². The van der Waals surface area contributed by atoms with Gasteiger partial charge in [-0.15, -0.1) is 11.8 Å². The first-order valence-electron chi connectivity index (χ1n) is 8.84. The van der Waals surface area contributed by atoms with Crippen LogP contribution < -0.4 is 5.73 Å². The number of fused-ring (bicyclic) bond motifs is 1. The fraction of sp³-hybridized carbons (Fsp3) is 0.538. The zero-order chi connectivity index (χ0) is 23.9. The van der Waals surface area contributed by atoms with Gasteiger partial charge >= 0.3 is 23.5 Å². The van der Waals surface area contributed by atoms with Crippen molar-refractivity contribution in [1.82, 2.24) is 14.5 Å². The summed E-state index contributed by atoms with van der Waals surface area (Å²) in [5.41, 5.74) is 6.71. The summed E-state index contributed by atoms with van der Waals surface area (Å²) in [5.74, 6) is 0.866. The third kappa shape index (κ3) is 6.38. The van der Waals surface area contributed by atoms with E-state index in [4.69, 9.17) is 20.3 Å². The van der Waals surface area contributed by atoms with Gasteiger partial charge in [-0.05, 0) is 11.5 Å². The number of hydrogen-bond acceptors (Lipinski definition) is 11.